The van der Waals surface area contributed by atoms with Crippen molar-refractivity contribution in [1.82, 2.24) is 0 Å². The van der Waals surface area contributed by atoms with Gasteiger partial charge in [-0.3, -0.25) is 0 Å². The van der Waals surface area contributed by atoms with Gasteiger partial charge in [0.25, 0.3) is 0 Å². The van der Waals surface area contributed by atoms with E-state index < -0.39 is 0 Å². The molecular weight excluding hydrogens is 230 g/mol. The van der Waals surface area contributed by atoms with Gasteiger partial charge in [-0.15, -0.1) is 0 Å². The minimum Gasteiger partial charge on any atom is -0.198 e. The summed E-state index contributed by atoms with van der Waals surface area (Å²) in [6.07, 6.45) is 1.95. The van der Waals surface area contributed by atoms with Crippen LogP contribution in [0.5, 0.6) is 0 Å². The topological polar surface area (TPSA) is 23.8 Å². The minimum atomic E-state index is -0.0000813. The van der Waals surface area contributed by atoms with E-state index >= 15 is 0 Å². The van der Waals surface area contributed by atoms with Crippen LogP contribution in [0.25, 0.3) is 0 Å². The highest BCUT2D eigenvalue weighted by atomic mass is 14.3. The number of hydrogen-bond donors (Lipinski definition) is 0. The molecule has 2 rings (SSSR count). The molecule has 0 saturated heterocycles. The van der Waals surface area contributed by atoms with E-state index in [1.54, 1.807) is 0 Å². The first-order valence-corrected chi connectivity index (χ1v) is 6.78. The maximum Gasteiger partial charge on any atom is 0.0715 e. The van der Waals surface area contributed by atoms with Crippen LogP contribution in [0, 0.1) is 17.2 Å². The van der Waals surface area contributed by atoms with Crippen LogP contribution in [-0.4, -0.2) is 0 Å². The zero-order chi connectivity index (χ0) is 13.5. The molecule has 2 unspecified atom stereocenters. The van der Waals surface area contributed by atoms with Gasteiger partial charge in [-0.1, -0.05) is 67.6 Å². The second kappa shape index (κ2) is 6.75. The van der Waals surface area contributed by atoms with Crippen molar-refractivity contribution < 1.29 is 0 Å². The minimum absolute atomic E-state index is 0.0000813. The fourth-order valence-corrected chi connectivity index (χ4v) is 2.45. The molecule has 0 bridgehead atoms. The van der Waals surface area contributed by atoms with E-state index in [-0.39, 0.29) is 5.92 Å². The summed E-state index contributed by atoms with van der Waals surface area (Å²) in [5.41, 5.74) is 2.48. The first-order valence-electron chi connectivity index (χ1n) is 6.78. The Morgan fingerprint density at radius 3 is 2.11 bits per heavy atom. The molecule has 0 spiro atoms. The van der Waals surface area contributed by atoms with Gasteiger partial charge in [-0.25, -0.2) is 0 Å². The average Bonchev–Trinajstić information content (AvgIpc) is 2.47. The van der Waals surface area contributed by atoms with Crippen molar-refractivity contribution in [3.8, 4) is 6.07 Å². The van der Waals surface area contributed by atoms with Gasteiger partial charge in [0.15, 0.2) is 0 Å². The third-order valence-corrected chi connectivity index (χ3v) is 3.42. The molecule has 0 saturated carbocycles. The Labute approximate surface area is 115 Å². The van der Waals surface area contributed by atoms with Crippen LogP contribution in [-0.2, 0) is 6.42 Å². The van der Waals surface area contributed by atoms with Gasteiger partial charge in [-0.2, -0.15) is 5.26 Å². The number of rotatable bonds is 5. The summed E-state index contributed by atoms with van der Waals surface area (Å²) in [5.74, 6) is 0.507. The second-order valence-corrected chi connectivity index (χ2v) is 5.12. The molecule has 0 radical (unpaired) electrons. The molecule has 0 heterocycles. The predicted octanol–water partition coefficient (Wildman–Crippen LogP) is 4.56. The molecule has 1 nitrogen and oxygen atoms in total. The van der Waals surface area contributed by atoms with Gasteiger partial charge in [0.1, 0.15) is 0 Å². The zero-order valence-corrected chi connectivity index (χ0v) is 11.3. The summed E-state index contributed by atoms with van der Waals surface area (Å²) in [6.45, 7) is 2.22. The Balaban J connectivity index is 1.98. The lowest BCUT2D eigenvalue weighted by molar-refractivity contribution is 0.506. The predicted molar refractivity (Wildman–Crippen MR) is 78.7 cm³/mol. The van der Waals surface area contributed by atoms with E-state index in [1.165, 1.54) is 5.56 Å². The van der Waals surface area contributed by atoms with Crippen LogP contribution >= 0.6 is 0 Å². The van der Waals surface area contributed by atoms with Gasteiger partial charge < -0.3 is 0 Å². The molecule has 2 aromatic rings. The van der Waals surface area contributed by atoms with Crippen LogP contribution < -0.4 is 0 Å². The number of benzene rings is 2. The summed E-state index contributed by atoms with van der Waals surface area (Å²) in [6, 6.07) is 23.0. The first-order chi connectivity index (χ1) is 9.29. The molecule has 0 aromatic heterocycles. The third kappa shape index (κ3) is 3.96. The molecule has 0 aliphatic carbocycles. The Kier molecular flexibility index (Phi) is 4.75. The van der Waals surface area contributed by atoms with E-state index in [2.05, 4.69) is 37.3 Å². The van der Waals surface area contributed by atoms with Crippen LogP contribution in [0.4, 0.5) is 0 Å². The van der Waals surface area contributed by atoms with Crippen molar-refractivity contribution in [2.24, 2.45) is 5.92 Å². The van der Waals surface area contributed by atoms with Crippen molar-refractivity contribution in [2.75, 3.05) is 0 Å². The van der Waals surface area contributed by atoms with Crippen molar-refractivity contribution in [2.45, 2.75) is 25.7 Å². The van der Waals surface area contributed by atoms with Crippen LogP contribution in [0.15, 0.2) is 60.7 Å². The summed E-state index contributed by atoms with van der Waals surface area (Å²) in [7, 11) is 0. The van der Waals surface area contributed by atoms with E-state index in [1.807, 2.05) is 36.4 Å². The highest BCUT2D eigenvalue weighted by Gasteiger charge is 2.14. The molecular formula is C18H19N. The fraction of sp³-hybridized carbons (Fsp3) is 0.278. The van der Waals surface area contributed by atoms with Crippen molar-refractivity contribution in [3.63, 3.8) is 0 Å². The van der Waals surface area contributed by atoms with E-state index in [0.717, 1.165) is 18.4 Å². The van der Waals surface area contributed by atoms with Gasteiger partial charge in [0.05, 0.1) is 12.0 Å². The van der Waals surface area contributed by atoms with E-state index in [0.29, 0.717) is 5.92 Å². The highest BCUT2D eigenvalue weighted by Crippen LogP contribution is 2.25. The lowest BCUT2D eigenvalue weighted by Crippen LogP contribution is -2.06. The maximum atomic E-state index is 9.34. The normalized spacial score (nSPS) is 13.5. The first kappa shape index (κ1) is 13.4. The zero-order valence-electron chi connectivity index (χ0n) is 11.3. The van der Waals surface area contributed by atoms with Crippen molar-refractivity contribution in [3.05, 3.63) is 71.8 Å². The third-order valence-electron chi connectivity index (χ3n) is 3.42. The summed E-state index contributed by atoms with van der Waals surface area (Å²) in [5, 5.41) is 9.34. The van der Waals surface area contributed by atoms with Gasteiger partial charge in [-0.05, 0) is 29.9 Å². The quantitative estimate of drug-likeness (QED) is 0.762. The summed E-state index contributed by atoms with van der Waals surface area (Å²) >= 11 is 0. The number of nitriles is 1. The smallest absolute Gasteiger partial charge is 0.0715 e. The van der Waals surface area contributed by atoms with E-state index in [4.69, 9.17) is 0 Å². The Hall–Kier alpha value is -2.07. The average molecular weight is 249 g/mol. The molecule has 0 fully saturated rings. The van der Waals surface area contributed by atoms with Crippen LogP contribution in [0.3, 0.4) is 0 Å². The standard InChI is InChI=1S/C18H19N/c1-15(12-16-8-4-2-5-9-16)13-18(14-19)17-10-6-3-7-11-17/h2-11,15,18H,12-13H2,1H3. The highest BCUT2D eigenvalue weighted by molar-refractivity contribution is 5.25. The molecule has 0 N–H and O–H groups in total. The van der Waals surface area contributed by atoms with Crippen LogP contribution in [0.2, 0.25) is 0 Å². The van der Waals surface area contributed by atoms with Gasteiger partial charge in [0, 0.05) is 0 Å². The lowest BCUT2D eigenvalue weighted by atomic mass is 9.87. The lowest BCUT2D eigenvalue weighted by Gasteiger charge is -2.16. The molecule has 1 heteroatoms. The monoisotopic (exact) mass is 249 g/mol. The fourth-order valence-electron chi connectivity index (χ4n) is 2.45. The number of hydrogen-bond acceptors (Lipinski definition) is 1. The number of nitrogens with zero attached hydrogens (tertiary/aromatic N) is 1. The Morgan fingerprint density at radius 2 is 1.53 bits per heavy atom. The van der Waals surface area contributed by atoms with E-state index in [9.17, 15) is 5.26 Å². The van der Waals surface area contributed by atoms with Gasteiger partial charge in [0.2, 0.25) is 0 Å². The molecule has 0 aliphatic rings. The Bertz CT molecular complexity index is 525. The molecule has 0 aliphatic heterocycles. The Morgan fingerprint density at radius 1 is 0.947 bits per heavy atom. The molecule has 2 atom stereocenters. The summed E-state index contributed by atoms with van der Waals surface area (Å²) < 4.78 is 0. The van der Waals surface area contributed by atoms with Crippen molar-refractivity contribution in [1.29, 1.82) is 5.26 Å². The maximum absolute atomic E-state index is 9.34. The van der Waals surface area contributed by atoms with Gasteiger partial charge >= 0.3 is 0 Å². The molecule has 0 amide bonds. The summed E-state index contributed by atoms with van der Waals surface area (Å²) in [4.78, 5) is 0. The largest absolute Gasteiger partial charge is 0.198 e. The SMILES string of the molecule is CC(Cc1ccccc1)CC(C#N)c1ccccc1. The van der Waals surface area contributed by atoms with Crippen LogP contribution in [0.1, 0.15) is 30.4 Å². The molecule has 96 valence electrons. The van der Waals surface area contributed by atoms with Crippen molar-refractivity contribution >= 4 is 0 Å². The second-order valence-electron chi connectivity index (χ2n) is 5.12. The molecule has 2 aromatic carbocycles. The molecule has 19 heavy (non-hydrogen) atoms.